The quantitative estimate of drug-likeness (QED) is 0.689. The first kappa shape index (κ1) is 16.6. The van der Waals surface area contributed by atoms with E-state index in [1.54, 1.807) is 0 Å². The van der Waals surface area contributed by atoms with E-state index >= 15 is 0 Å². The van der Waals surface area contributed by atoms with Crippen LogP contribution in [0.3, 0.4) is 0 Å². The van der Waals surface area contributed by atoms with Crippen molar-refractivity contribution in [3.05, 3.63) is 36.9 Å². The number of rotatable bonds is 6. The smallest absolute Gasteiger partial charge is 0.176 e. The lowest BCUT2D eigenvalue weighted by atomic mass is 9.87. The summed E-state index contributed by atoms with van der Waals surface area (Å²) < 4.78 is 4.62. The van der Waals surface area contributed by atoms with Crippen molar-refractivity contribution in [1.29, 1.82) is 0 Å². The number of imidazole rings is 2. The lowest BCUT2D eigenvalue weighted by molar-refractivity contribution is 0.324. The first-order valence-electron chi connectivity index (χ1n) is 10.1. The molecular weight excluding hydrogens is 308 g/mol. The third kappa shape index (κ3) is 4.05. The molecule has 2 aliphatic rings. The monoisotopic (exact) mass is 338 g/mol. The maximum absolute atomic E-state index is 4.64. The van der Waals surface area contributed by atoms with Gasteiger partial charge in [0.15, 0.2) is 11.6 Å². The van der Waals surface area contributed by atoms with Crippen molar-refractivity contribution < 1.29 is 0 Å². The molecule has 0 aromatic carbocycles. The summed E-state index contributed by atoms with van der Waals surface area (Å²) in [5.41, 5.74) is 0. The maximum Gasteiger partial charge on any atom is 0.176 e. The third-order valence-electron chi connectivity index (χ3n) is 5.97. The molecule has 1 unspecified atom stereocenters. The van der Waals surface area contributed by atoms with E-state index < -0.39 is 0 Å². The van der Waals surface area contributed by atoms with Crippen LogP contribution in [0.4, 0.5) is 0 Å². The Hall–Kier alpha value is -1.84. The van der Waals surface area contributed by atoms with Gasteiger partial charge in [0, 0.05) is 37.9 Å². The summed E-state index contributed by atoms with van der Waals surface area (Å²) in [7, 11) is 0. The molecule has 0 bridgehead atoms. The van der Waals surface area contributed by atoms with E-state index in [0.29, 0.717) is 0 Å². The van der Waals surface area contributed by atoms with Crippen LogP contribution >= 0.6 is 0 Å². The van der Waals surface area contributed by atoms with Crippen molar-refractivity contribution >= 4 is 0 Å². The fraction of sp³-hybridized carbons (Fsp3) is 0.619. The minimum atomic E-state index is 0.726. The molecule has 0 radical (unpaired) electrons. The molecule has 0 aliphatic heterocycles. The van der Waals surface area contributed by atoms with Crippen LogP contribution in [0.15, 0.2) is 36.9 Å². The molecule has 2 heterocycles. The van der Waals surface area contributed by atoms with Gasteiger partial charge in [0.1, 0.15) is 0 Å². The second-order valence-corrected chi connectivity index (χ2v) is 7.79. The third-order valence-corrected chi connectivity index (χ3v) is 5.97. The highest BCUT2D eigenvalue weighted by Gasteiger charge is 2.18. The van der Waals surface area contributed by atoms with E-state index in [9.17, 15) is 0 Å². The van der Waals surface area contributed by atoms with Crippen molar-refractivity contribution in [2.45, 2.75) is 70.9 Å². The van der Waals surface area contributed by atoms with E-state index in [1.807, 2.05) is 12.4 Å². The Balaban J connectivity index is 1.44. The van der Waals surface area contributed by atoms with Gasteiger partial charge in [-0.15, -0.1) is 0 Å². The van der Waals surface area contributed by atoms with E-state index in [2.05, 4.69) is 43.6 Å². The predicted octanol–water partition coefficient (Wildman–Crippen LogP) is 5.07. The maximum atomic E-state index is 4.64. The molecule has 0 saturated heterocycles. The Morgan fingerprint density at radius 3 is 2.36 bits per heavy atom. The van der Waals surface area contributed by atoms with Gasteiger partial charge < -0.3 is 9.13 Å². The van der Waals surface area contributed by atoms with Crippen LogP contribution in [-0.4, -0.2) is 19.1 Å². The molecule has 4 nitrogen and oxygen atoms in total. The first-order valence-corrected chi connectivity index (χ1v) is 10.1. The summed E-state index contributed by atoms with van der Waals surface area (Å²) in [4.78, 5) is 9.28. The van der Waals surface area contributed by atoms with Gasteiger partial charge in [0.2, 0.25) is 0 Å². The zero-order chi connectivity index (χ0) is 16.9. The minimum absolute atomic E-state index is 0.726. The van der Waals surface area contributed by atoms with Crippen LogP contribution in [-0.2, 0) is 13.1 Å². The number of allylic oxidation sites excluding steroid dienone is 2. The van der Waals surface area contributed by atoms with Gasteiger partial charge in [0.25, 0.3) is 0 Å². The van der Waals surface area contributed by atoms with E-state index in [0.717, 1.165) is 36.6 Å². The van der Waals surface area contributed by atoms with Crippen molar-refractivity contribution in [1.82, 2.24) is 19.1 Å². The summed E-state index contributed by atoms with van der Waals surface area (Å²) in [6.45, 7) is 2.12. The Morgan fingerprint density at radius 2 is 1.60 bits per heavy atom. The number of hydrogen-bond acceptors (Lipinski definition) is 2. The molecule has 25 heavy (non-hydrogen) atoms. The van der Waals surface area contributed by atoms with Crippen LogP contribution in [0.1, 0.15) is 57.8 Å². The molecule has 0 spiro atoms. The molecule has 4 rings (SSSR count). The normalized spacial score (nSPS) is 21.7. The van der Waals surface area contributed by atoms with Crippen molar-refractivity contribution in [2.75, 3.05) is 0 Å². The number of aryl methyl sites for hydroxylation is 1. The van der Waals surface area contributed by atoms with E-state index in [1.165, 1.54) is 57.8 Å². The number of hydrogen-bond donors (Lipinski definition) is 0. The van der Waals surface area contributed by atoms with Gasteiger partial charge >= 0.3 is 0 Å². The van der Waals surface area contributed by atoms with Gasteiger partial charge in [0.05, 0.1) is 0 Å². The molecule has 1 atom stereocenters. The Bertz CT molecular complexity index is 690. The van der Waals surface area contributed by atoms with E-state index in [4.69, 9.17) is 0 Å². The van der Waals surface area contributed by atoms with Crippen LogP contribution in [0.5, 0.6) is 0 Å². The highest BCUT2D eigenvalue weighted by Crippen LogP contribution is 2.28. The Kier molecular flexibility index (Phi) is 5.34. The Morgan fingerprint density at radius 1 is 0.840 bits per heavy atom. The second kappa shape index (κ2) is 8.03. The van der Waals surface area contributed by atoms with Gasteiger partial charge in [-0.3, -0.25) is 0 Å². The van der Waals surface area contributed by atoms with Crippen LogP contribution in [0.25, 0.3) is 11.6 Å². The molecule has 4 heteroatoms. The van der Waals surface area contributed by atoms with Crippen molar-refractivity contribution in [3.63, 3.8) is 0 Å². The summed E-state index contributed by atoms with van der Waals surface area (Å²) in [6, 6.07) is 0. The fourth-order valence-corrected chi connectivity index (χ4v) is 4.46. The summed E-state index contributed by atoms with van der Waals surface area (Å²) in [6.07, 6.45) is 24.8. The topological polar surface area (TPSA) is 35.6 Å². The largest absolute Gasteiger partial charge is 0.328 e. The van der Waals surface area contributed by atoms with Crippen molar-refractivity contribution in [2.24, 2.45) is 11.8 Å². The van der Waals surface area contributed by atoms with Gasteiger partial charge in [-0.05, 0) is 37.5 Å². The Labute approximate surface area is 151 Å². The first-order chi connectivity index (χ1) is 12.4. The zero-order valence-electron chi connectivity index (χ0n) is 15.2. The van der Waals surface area contributed by atoms with Gasteiger partial charge in [-0.1, -0.05) is 44.3 Å². The highest BCUT2D eigenvalue weighted by atomic mass is 15.2. The lowest BCUT2D eigenvalue weighted by Gasteiger charge is -2.22. The van der Waals surface area contributed by atoms with Gasteiger partial charge in [-0.2, -0.15) is 0 Å². The molecule has 134 valence electrons. The average molecular weight is 338 g/mol. The zero-order valence-corrected chi connectivity index (χ0v) is 15.2. The summed E-state index contributed by atoms with van der Waals surface area (Å²) >= 11 is 0. The van der Waals surface area contributed by atoms with Gasteiger partial charge in [-0.25, -0.2) is 9.97 Å². The molecule has 2 aromatic heterocycles. The SMILES string of the molecule is C1=CCC(Cn2ccnc2-c2nccn2CCC2CCCCC2)CC1. The van der Waals surface area contributed by atoms with Crippen molar-refractivity contribution in [3.8, 4) is 11.6 Å². The average Bonchev–Trinajstić information content (AvgIpc) is 3.30. The standard InChI is InChI=1S/C21H30N4/c1-3-7-18(8-4-1)11-14-24-15-12-22-20(24)21-23-13-16-25(21)17-19-9-5-2-6-10-19/h2,5,12-13,15-16,18-19H,1,3-4,6-11,14,17H2. The molecule has 1 saturated carbocycles. The fourth-order valence-electron chi connectivity index (χ4n) is 4.46. The summed E-state index contributed by atoms with van der Waals surface area (Å²) in [5.74, 6) is 3.69. The number of aromatic nitrogens is 4. The molecule has 2 aromatic rings. The van der Waals surface area contributed by atoms with Crippen LogP contribution in [0.2, 0.25) is 0 Å². The van der Waals surface area contributed by atoms with Crippen LogP contribution in [0, 0.1) is 11.8 Å². The molecule has 2 aliphatic carbocycles. The van der Waals surface area contributed by atoms with E-state index in [-0.39, 0.29) is 0 Å². The van der Waals surface area contributed by atoms with Crippen LogP contribution < -0.4 is 0 Å². The summed E-state index contributed by atoms with van der Waals surface area (Å²) in [5, 5.41) is 0. The predicted molar refractivity (Wildman–Crippen MR) is 101 cm³/mol. The molecule has 1 fully saturated rings. The molecular formula is C21H30N4. The second-order valence-electron chi connectivity index (χ2n) is 7.79. The number of nitrogens with zero attached hydrogens (tertiary/aromatic N) is 4. The molecule has 0 N–H and O–H groups in total. The molecule has 0 amide bonds. The lowest BCUT2D eigenvalue weighted by Crippen LogP contribution is -2.14. The highest BCUT2D eigenvalue weighted by molar-refractivity contribution is 5.44. The minimum Gasteiger partial charge on any atom is -0.328 e.